The molecule has 4 nitrogen and oxygen atoms in total. The van der Waals surface area contributed by atoms with Gasteiger partial charge in [-0.25, -0.2) is 0 Å². The van der Waals surface area contributed by atoms with Crippen molar-refractivity contribution in [2.24, 2.45) is 45.8 Å². The fraction of sp³-hybridized carbons (Fsp3) is 0.846. The van der Waals surface area contributed by atoms with Gasteiger partial charge in [-0.2, -0.15) is 0 Å². The molecule has 4 bridgehead atoms. The minimum absolute atomic E-state index is 0.00447. The maximum absolute atomic E-state index is 13.3. The van der Waals surface area contributed by atoms with Crippen LogP contribution in [0.2, 0.25) is 0 Å². The number of carbonyl (C=O) groups is 2. The first-order valence-electron chi connectivity index (χ1n) is 12.3. The second-order valence-corrected chi connectivity index (χ2v) is 11.2. The molecule has 4 unspecified atom stereocenters. The quantitative estimate of drug-likeness (QED) is 0.306. The number of aldehydes is 1. The van der Waals surface area contributed by atoms with Crippen molar-refractivity contribution in [2.75, 3.05) is 0 Å². The number of hydrogen-bond acceptors (Lipinski definition) is 3. The van der Waals surface area contributed by atoms with Gasteiger partial charge in [-0.1, -0.05) is 71.4 Å². The van der Waals surface area contributed by atoms with E-state index in [1.54, 1.807) is 0 Å². The van der Waals surface area contributed by atoms with Crippen LogP contribution in [0.3, 0.4) is 0 Å². The number of aliphatic hydroxyl groups is 1. The summed E-state index contributed by atoms with van der Waals surface area (Å²) in [5, 5.41) is 22.7. The van der Waals surface area contributed by atoms with Gasteiger partial charge >= 0.3 is 5.97 Å². The molecule has 0 aromatic heterocycles. The SMILES string of the molecule is CCCCCCC(O)C12C[C@@H]3[C@H](C)CC[C@H]3C3(C=O)CC1C=C(C(C)C)[C@@]23C(=O)O. The Labute approximate surface area is 181 Å². The van der Waals surface area contributed by atoms with E-state index < -0.39 is 28.3 Å². The van der Waals surface area contributed by atoms with Crippen molar-refractivity contribution in [1.29, 1.82) is 0 Å². The first kappa shape index (κ1) is 22.0. The molecule has 168 valence electrons. The Kier molecular flexibility index (Phi) is 5.48. The molecule has 4 heteroatoms. The molecule has 3 fully saturated rings. The Morgan fingerprint density at radius 3 is 2.57 bits per heavy atom. The Balaban J connectivity index is 1.87. The van der Waals surface area contributed by atoms with Gasteiger partial charge in [-0.15, -0.1) is 0 Å². The lowest BCUT2D eigenvalue weighted by molar-refractivity contribution is -0.194. The van der Waals surface area contributed by atoms with Gasteiger partial charge < -0.3 is 15.0 Å². The molecule has 4 rings (SSSR count). The van der Waals surface area contributed by atoms with Gasteiger partial charge in [-0.05, 0) is 55.3 Å². The van der Waals surface area contributed by atoms with E-state index in [0.717, 1.165) is 56.8 Å². The molecule has 4 aliphatic rings. The highest BCUT2D eigenvalue weighted by molar-refractivity contribution is 5.90. The van der Waals surface area contributed by atoms with Crippen LogP contribution in [0.5, 0.6) is 0 Å². The summed E-state index contributed by atoms with van der Waals surface area (Å²) in [7, 11) is 0. The van der Waals surface area contributed by atoms with E-state index in [1.165, 1.54) is 0 Å². The summed E-state index contributed by atoms with van der Waals surface area (Å²) < 4.78 is 0. The van der Waals surface area contributed by atoms with E-state index in [1.807, 2.05) is 0 Å². The molecular weight excluding hydrogens is 376 g/mol. The van der Waals surface area contributed by atoms with Crippen LogP contribution in [0.1, 0.15) is 85.5 Å². The zero-order chi connectivity index (χ0) is 21.9. The summed E-state index contributed by atoms with van der Waals surface area (Å²) in [5.74, 6) is 0.169. The number of fused-ring (bicyclic) bond motifs is 2. The largest absolute Gasteiger partial charge is 0.481 e. The minimum Gasteiger partial charge on any atom is -0.481 e. The zero-order valence-electron chi connectivity index (χ0n) is 19.2. The van der Waals surface area contributed by atoms with Crippen LogP contribution >= 0.6 is 0 Å². The van der Waals surface area contributed by atoms with E-state index >= 15 is 0 Å². The third-order valence-electron chi connectivity index (χ3n) is 9.92. The van der Waals surface area contributed by atoms with Crippen molar-refractivity contribution in [2.45, 2.75) is 91.6 Å². The lowest BCUT2D eigenvalue weighted by Crippen LogP contribution is -2.65. The molecule has 0 aromatic carbocycles. The van der Waals surface area contributed by atoms with Gasteiger partial charge in [0.15, 0.2) is 0 Å². The summed E-state index contributed by atoms with van der Waals surface area (Å²) in [6.07, 6.45) is 10.9. The van der Waals surface area contributed by atoms with Crippen molar-refractivity contribution in [3.63, 3.8) is 0 Å². The van der Waals surface area contributed by atoms with Crippen molar-refractivity contribution in [3.8, 4) is 0 Å². The number of carboxylic acids is 1. The molecule has 0 saturated heterocycles. The van der Waals surface area contributed by atoms with E-state index in [-0.39, 0.29) is 17.8 Å². The Hall–Kier alpha value is -1.16. The van der Waals surface area contributed by atoms with Gasteiger partial charge in [0.05, 0.1) is 11.5 Å². The number of carboxylic acid groups (broad SMARTS) is 1. The van der Waals surface area contributed by atoms with Crippen LogP contribution in [-0.2, 0) is 9.59 Å². The molecule has 0 heterocycles. The van der Waals surface area contributed by atoms with Crippen LogP contribution in [0.4, 0.5) is 0 Å². The minimum atomic E-state index is -1.24. The van der Waals surface area contributed by atoms with E-state index in [2.05, 4.69) is 33.8 Å². The number of hydrogen-bond donors (Lipinski definition) is 2. The summed E-state index contributed by atoms with van der Waals surface area (Å²) in [6.45, 7) is 8.55. The number of aliphatic hydroxyl groups excluding tert-OH is 1. The summed E-state index contributed by atoms with van der Waals surface area (Å²) in [6, 6.07) is 0. The number of unbranched alkanes of at least 4 members (excludes halogenated alkanes) is 3. The highest BCUT2D eigenvalue weighted by atomic mass is 16.4. The molecule has 3 saturated carbocycles. The van der Waals surface area contributed by atoms with Crippen LogP contribution in [0.15, 0.2) is 11.6 Å². The normalized spacial score (nSPS) is 44.8. The number of aliphatic carboxylic acids is 1. The molecule has 0 spiro atoms. The first-order valence-corrected chi connectivity index (χ1v) is 12.3. The van der Waals surface area contributed by atoms with Crippen molar-refractivity contribution in [1.82, 2.24) is 0 Å². The van der Waals surface area contributed by atoms with Gasteiger partial charge in [-0.3, -0.25) is 4.79 Å². The number of carbonyl (C=O) groups excluding carboxylic acids is 1. The van der Waals surface area contributed by atoms with Crippen LogP contribution in [0, 0.1) is 45.8 Å². The van der Waals surface area contributed by atoms with Gasteiger partial charge in [0.25, 0.3) is 0 Å². The standard InChI is InChI=1S/C26H40O4/c1-5-6-7-8-9-22(28)25-14-19-17(4)10-11-20(19)24(15-27)13-18(25)12-21(16(2)3)26(24,25)23(29)30/h12,15-20,22,28H,5-11,13-14H2,1-4H3,(H,29,30)/t17-,18?,19-,20-,22?,24?,25?,26+/m1/s1. The van der Waals surface area contributed by atoms with Crippen molar-refractivity contribution < 1.29 is 19.8 Å². The fourth-order valence-corrected chi connectivity index (χ4v) is 8.90. The lowest BCUT2D eigenvalue weighted by Gasteiger charge is -2.59. The molecule has 0 aliphatic heterocycles. The Morgan fingerprint density at radius 2 is 1.97 bits per heavy atom. The van der Waals surface area contributed by atoms with Crippen molar-refractivity contribution in [3.05, 3.63) is 11.6 Å². The lowest BCUT2D eigenvalue weighted by atomic mass is 9.41. The number of rotatable bonds is 9. The Bertz CT molecular complexity index is 741. The molecule has 2 N–H and O–H groups in total. The van der Waals surface area contributed by atoms with E-state index in [4.69, 9.17) is 0 Å². The van der Waals surface area contributed by atoms with E-state index in [0.29, 0.717) is 24.7 Å². The maximum atomic E-state index is 13.3. The van der Waals surface area contributed by atoms with Gasteiger partial charge in [0.1, 0.15) is 11.7 Å². The van der Waals surface area contributed by atoms with E-state index in [9.17, 15) is 19.8 Å². The number of allylic oxidation sites excluding steroid dienone is 1. The predicted molar refractivity (Wildman–Crippen MR) is 117 cm³/mol. The summed E-state index contributed by atoms with van der Waals surface area (Å²) in [5.41, 5.74) is -1.92. The average Bonchev–Trinajstić information content (AvgIpc) is 3.28. The highest BCUT2D eigenvalue weighted by Gasteiger charge is 2.85. The monoisotopic (exact) mass is 416 g/mol. The molecule has 8 atom stereocenters. The predicted octanol–water partition coefficient (Wildman–Crippen LogP) is 5.24. The first-order chi connectivity index (χ1) is 14.2. The molecule has 0 aromatic rings. The molecule has 30 heavy (non-hydrogen) atoms. The van der Waals surface area contributed by atoms with Crippen molar-refractivity contribution >= 4 is 12.3 Å². The van der Waals surface area contributed by atoms with Crippen LogP contribution in [-0.4, -0.2) is 28.6 Å². The second kappa shape index (κ2) is 7.46. The van der Waals surface area contributed by atoms with Gasteiger partial charge in [0, 0.05) is 5.41 Å². The van der Waals surface area contributed by atoms with Gasteiger partial charge in [0.2, 0.25) is 0 Å². The smallest absolute Gasteiger partial charge is 0.315 e. The second-order valence-electron chi connectivity index (χ2n) is 11.2. The highest BCUT2D eigenvalue weighted by Crippen LogP contribution is 2.83. The third-order valence-corrected chi connectivity index (χ3v) is 9.92. The fourth-order valence-electron chi connectivity index (χ4n) is 8.90. The Morgan fingerprint density at radius 1 is 1.23 bits per heavy atom. The van der Waals surface area contributed by atoms with Crippen LogP contribution in [0.25, 0.3) is 0 Å². The molecular formula is C26H40O4. The maximum Gasteiger partial charge on any atom is 0.315 e. The molecule has 4 aliphatic carbocycles. The average molecular weight is 417 g/mol. The summed E-state index contributed by atoms with van der Waals surface area (Å²) in [4.78, 5) is 26.3. The topological polar surface area (TPSA) is 74.6 Å². The zero-order valence-corrected chi connectivity index (χ0v) is 19.2. The molecule has 0 radical (unpaired) electrons. The summed E-state index contributed by atoms with van der Waals surface area (Å²) >= 11 is 0. The molecule has 0 amide bonds. The third kappa shape index (κ3) is 2.38. The van der Waals surface area contributed by atoms with Crippen LogP contribution < -0.4 is 0 Å².